The number of hydrogen-bond acceptors (Lipinski definition) is 5. The van der Waals surface area contributed by atoms with Gasteiger partial charge in [-0.05, 0) is 53.2 Å². The average Bonchev–Trinajstić information content (AvgIpc) is 2.58. The highest BCUT2D eigenvalue weighted by Gasteiger charge is 2.18. The molecular formula is C17H22BrN5. The first kappa shape index (κ1) is 16.2. The van der Waals surface area contributed by atoms with Gasteiger partial charge in [-0.3, -0.25) is 0 Å². The molecule has 6 heteroatoms. The Labute approximate surface area is 145 Å². The first-order valence-corrected chi connectivity index (χ1v) is 8.78. The van der Waals surface area contributed by atoms with Crippen molar-refractivity contribution in [1.29, 1.82) is 0 Å². The van der Waals surface area contributed by atoms with Crippen LogP contribution in [-0.2, 0) is 0 Å². The lowest BCUT2D eigenvalue weighted by Gasteiger charge is -2.34. The molecule has 0 unspecified atom stereocenters. The summed E-state index contributed by atoms with van der Waals surface area (Å²) in [5.74, 6) is 1.62. The standard InChI is InChI=1S/C17H22BrN5/c1-3-22-8-10-23(11-9-22)17-19-7-6-16(21-17)20-15-5-4-13(2)12-14(15)18/h4-7,12H,3,8-11H2,1-2H3,(H,19,20,21). The average molecular weight is 376 g/mol. The Hall–Kier alpha value is -1.66. The van der Waals surface area contributed by atoms with Crippen LogP contribution in [0.5, 0.6) is 0 Å². The highest BCUT2D eigenvalue weighted by molar-refractivity contribution is 9.10. The molecule has 1 fully saturated rings. The van der Waals surface area contributed by atoms with Crippen molar-refractivity contribution in [1.82, 2.24) is 14.9 Å². The monoisotopic (exact) mass is 375 g/mol. The molecular weight excluding hydrogens is 354 g/mol. The van der Waals surface area contributed by atoms with Crippen LogP contribution in [0.2, 0.25) is 0 Å². The van der Waals surface area contributed by atoms with Crippen LogP contribution in [0.4, 0.5) is 17.5 Å². The van der Waals surface area contributed by atoms with Crippen molar-refractivity contribution in [3.63, 3.8) is 0 Å². The highest BCUT2D eigenvalue weighted by Crippen LogP contribution is 2.26. The van der Waals surface area contributed by atoms with Gasteiger partial charge < -0.3 is 15.1 Å². The third kappa shape index (κ3) is 4.00. The predicted octanol–water partition coefficient (Wildman–Crippen LogP) is 3.43. The molecule has 1 N–H and O–H groups in total. The molecule has 23 heavy (non-hydrogen) atoms. The van der Waals surface area contributed by atoms with Crippen LogP contribution in [0, 0.1) is 6.92 Å². The summed E-state index contributed by atoms with van der Waals surface area (Å²) >= 11 is 3.59. The van der Waals surface area contributed by atoms with Crippen LogP contribution in [0.3, 0.4) is 0 Å². The fraction of sp³-hybridized carbons (Fsp3) is 0.412. The number of aromatic nitrogens is 2. The zero-order chi connectivity index (χ0) is 16.2. The molecule has 5 nitrogen and oxygen atoms in total. The van der Waals surface area contributed by atoms with E-state index in [1.165, 1.54) is 5.56 Å². The van der Waals surface area contributed by atoms with E-state index >= 15 is 0 Å². The van der Waals surface area contributed by atoms with E-state index in [2.05, 4.69) is 73.1 Å². The van der Waals surface area contributed by atoms with Crippen LogP contribution < -0.4 is 10.2 Å². The highest BCUT2D eigenvalue weighted by atomic mass is 79.9. The summed E-state index contributed by atoms with van der Waals surface area (Å²) in [6, 6.07) is 8.13. The summed E-state index contributed by atoms with van der Waals surface area (Å²) in [4.78, 5) is 13.8. The maximum atomic E-state index is 4.67. The maximum Gasteiger partial charge on any atom is 0.227 e. The van der Waals surface area contributed by atoms with Crippen LogP contribution in [0.1, 0.15) is 12.5 Å². The molecule has 1 aliphatic heterocycles. The van der Waals surface area contributed by atoms with Gasteiger partial charge >= 0.3 is 0 Å². The fourth-order valence-corrected chi connectivity index (χ4v) is 3.29. The Bertz CT molecular complexity index is 668. The molecule has 2 aromatic rings. The van der Waals surface area contributed by atoms with Gasteiger partial charge in [0, 0.05) is 36.8 Å². The van der Waals surface area contributed by atoms with Gasteiger partial charge in [-0.25, -0.2) is 4.98 Å². The first-order chi connectivity index (χ1) is 11.2. The minimum absolute atomic E-state index is 0.800. The number of anilines is 3. The molecule has 0 atom stereocenters. The van der Waals surface area contributed by atoms with E-state index in [1.807, 2.05) is 12.3 Å². The van der Waals surface area contributed by atoms with Gasteiger partial charge in [0.1, 0.15) is 5.82 Å². The lowest BCUT2D eigenvalue weighted by Crippen LogP contribution is -2.46. The number of hydrogen-bond donors (Lipinski definition) is 1. The Kier molecular flexibility index (Phi) is 5.13. The van der Waals surface area contributed by atoms with Crippen LogP contribution in [-0.4, -0.2) is 47.6 Å². The second-order valence-electron chi connectivity index (χ2n) is 5.77. The summed E-state index contributed by atoms with van der Waals surface area (Å²) in [5, 5.41) is 3.36. The number of nitrogens with one attached hydrogen (secondary N) is 1. The van der Waals surface area contributed by atoms with E-state index in [1.54, 1.807) is 0 Å². The summed E-state index contributed by atoms with van der Waals surface area (Å²) in [5.41, 5.74) is 2.23. The molecule has 1 aromatic heterocycles. The number of benzene rings is 1. The molecule has 0 amide bonds. The van der Waals surface area contributed by atoms with Gasteiger partial charge in [-0.1, -0.05) is 13.0 Å². The summed E-state index contributed by atoms with van der Waals surface area (Å²) in [7, 11) is 0. The van der Waals surface area contributed by atoms with Crippen molar-refractivity contribution in [3.05, 3.63) is 40.5 Å². The number of piperazine rings is 1. The summed E-state index contributed by atoms with van der Waals surface area (Å²) in [6.07, 6.45) is 1.82. The Morgan fingerprint density at radius 1 is 1.17 bits per heavy atom. The quantitative estimate of drug-likeness (QED) is 0.886. The Morgan fingerprint density at radius 2 is 1.96 bits per heavy atom. The molecule has 0 saturated carbocycles. The van der Waals surface area contributed by atoms with Crippen molar-refractivity contribution in [2.45, 2.75) is 13.8 Å². The van der Waals surface area contributed by atoms with Gasteiger partial charge in [0.2, 0.25) is 5.95 Å². The van der Waals surface area contributed by atoms with Gasteiger partial charge in [0.25, 0.3) is 0 Å². The fourth-order valence-electron chi connectivity index (χ4n) is 2.69. The molecule has 122 valence electrons. The lowest BCUT2D eigenvalue weighted by atomic mass is 10.2. The van der Waals surface area contributed by atoms with Crippen LogP contribution >= 0.6 is 15.9 Å². The summed E-state index contributed by atoms with van der Waals surface area (Å²) < 4.78 is 1.04. The molecule has 1 aromatic carbocycles. The number of rotatable bonds is 4. The van der Waals surface area contributed by atoms with E-state index in [9.17, 15) is 0 Å². The number of halogens is 1. The largest absolute Gasteiger partial charge is 0.339 e. The second kappa shape index (κ2) is 7.27. The van der Waals surface area contributed by atoms with E-state index < -0.39 is 0 Å². The molecule has 0 bridgehead atoms. The van der Waals surface area contributed by atoms with E-state index in [0.717, 1.165) is 54.7 Å². The molecule has 0 aliphatic carbocycles. The summed E-state index contributed by atoms with van der Waals surface area (Å²) in [6.45, 7) is 9.49. The molecule has 2 heterocycles. The lowest BCUT2D eigenvalue weighted by molar-refractivity contribution is 0.270. The topological polar surface area (TPSA) is 44.3 Å². The zero-order valence-corrected chi connectivity index (χ0v) is 15.2. The van der Waals surface area contributed by atoms with Gasteiger partial charge in [-0.2, -0.15) is 4.98 Å². The minimum atomic E-state index is 0.800. The van der Waals surface area contributed by atoms with Crippen molar-refractivity contribution in [3.8, 4) is 0 Å². The second-order valence-corrected chi connectivity index (χ2v) is 6.63. The molecule has 0 spiro atoms. The Balaban J connectivity index is 1.72. The predicted molar refractivity (Wildman–Crippen MR) is 98.5 cm³/mol. The third-order valence-electron chi connectivity index (χ3n) is 4.13. The normalized spacial score (nSPS) is 15.7. The van der Waals surface area contributed by atoms with Crippen LogP contribution in [0.25, 0.3) is 0 Å². The number of nitrogens with zero attached hydrogens (tertiary/aromatic N) is 4. The van der Waals surface area contributed by atoms with Crippen molar-refractivity contribution in [2.24, 2.45) is 0 Å². The molecule has 1 saturated heterocycles. The SMILES string of the molecule is CCN1CCN(c2nccc(Nc3ccc(C)cc3Br)n2)CC1. The molecule has 3 rings (SSSR count). The van der Waals surface area contributed by atoms with Gasteiger partial charge in [0.15, 0.2) is 0 Å². The van der Waals surface area contributed by atoms with Crippen molar-refractivity contribution < 1.29 is 0 Å². The minimum Gasteiger partial charge on any atom is -0.339 e. The van der Waals surface area contributed by atoms with E-state index in [-0.39, 0.29) is 0 Å². The van der Waals surface area contributed by atoms with Crippen molar-refractivity contribution in [2.75, 3.05) is 42.9 Å². The van der Waals surface area contributed by atoms with Crippen LogP contribution in [0.15, 0.2) is 34.9 Å². The molecule has 0 radical (unpaired) electrons. The zero-order valence-electron chi connectivity index (χ0n) is 13.6. The van der Waals surface area contributed by atoms with Gasteiger partial charge in [-0.15, -0.1) is 0 Å². The van der Waals surface area contributed by atoms with Gasteiger partial charge in [0.05, 0.1) is 5.69 Å². The third-order valence-corrected chi connectivity index (χ3v) is 4.79. The number of likely N-dealkylation sites (N-methyl/N-ethyl adjacent to an activating group) is 1. The van der Waals surface area contributed by atoms with E-state index in [0.29, 0.717) is 0 Å². The maximum absolute atomic E-state index is 4.67. The molecule has 1 aliphatic rings. The number of aryl methyl sites for hydroxylation is 1. The van der Waals surface area contributed by atoms with Crippen molar-refractivity contribution >= 4 is 33.4 Å². The first-order valence-electron chi connectivity index (χ1n) is 7.99. The Morgan fingerprint density at radius 3 is 2.65 bits per heavy atom. The smallest absolute Gasteiger partial charge is 0.227 e. The van der Waals surface area contributed by atoms with E-state index in [4.69, 9.17) is 0 Å².